The summed E-state index contributed by atoms with van der Waals surface area (Å²) in [5, 5.41) is 11.2. The van der Waals surface area contributed by atoms with Gasteiger partial charge in [-0.1, -0.05) is 6.58 Å². The SMILES string of the molecule is C=C(C)C(=O)OC(C)O.O=C1CCCN1. The lowest BCUT2D eigenvalue weighted by Crippen LogP contribution is -2.13. The fourth-order valence-corrected chi connectivity index (χ4v) is 0.821. The first kappa shape index (κ1) is 13.6. The zero-order chi connectivity index (χ0) is 11.8. The average molecular weight is 215 g/mol. The summed E-state index contributed by atoms with van der Waals surface area (Å²) in [4.78, 5) is 20.6. The number of carbonyl (C=O) groups excluding carboxylic acids is 2. The predicted molar refractivity (Wildman–Crippen MR) is 54.8 cm³/mol. The van der Waals surface area contributed by atoms with Gasteiger partial charge < -0.3 is 15.2 Å². The summed E-state index contributed by atoms with van der Waals surface area (Å²) >= 11 is 0. The Morgan fingerprint density at radius 3 is 2.40 bits per heavy atom. The van der Waals surface area contributed by atoms with E-state index in [1.54, 1.807) is 0 Å². The minimum absolute atomic E-state index is 0.204. The van der Waals surface area contributed by atoms with Gasteiger partial charge in [0.1, 0.15) is 0 Å². The maximum absolute atomic E-state index is 10.5. The van der Waals surface area contributed by atoms with Crippen LogP contribution in [0.4, 0.5) is 0 Å². The van der Waals surface area contributed by atoms with Crippen molar-refractivity contribution >= 4 is 11.9 Å². The Morgan fingerprint density at radius 2 is 2.27 bits per heavy atom. The molecule has 1 atom stereocenters. The molecule has 1 aliphatic rings. The van der Waals surface area contributed by atoms with Gasteiger partial charge in [-0.2, -0.15) is 0 Å². The maximum atomic E-state index is 10.5. The summed E-state index contributed by atoms with van der Waals surface area (Å²) in [5.41, 5.74) is 0.288. The Labute approximate surface area is 89.1 Å². The highest BCUT2D eigenvalue weighted by Gasteiger charge is 2.05. The van der Waals surface area contributed by atoms with Gasteiger partial charge in [0.05, 0.1) is 0 Å². The van der Waals surface area contributed by atoms with Crippen LogP contribution < -0.4 is 5.32 Å². The molecule has 1 saturated heterocycles. The van der Waals surface area contributed by atoms with Crippen LogP contribution in [-0.4, -0.2) is 29.8 Å². The summed E-state index contributed by atoms with van der Waals surface area (Å²) in [7, 11) is 0. The van der Waals surface area contributed by atoms with Gasteiger partial charge in [0.25, 0.3) is 0 Å². The third-order valence-electron chi connectivity index (χ3n) is 1.53. The zero-order valence-corrected chi connectivity index (χ0v) is 9.08. The van der Waals surface area contributed by atoms with Crippen LogP contribution in [0, 0.1) is 0 Å². The molecule has 0 spiro atoms. The number of carbonyl (C=O) groups is 2. The molecular weight excluding hydrogens is 198 g/mol. The molecule has 5 nitrogen and oxygen atoms in total. The van der Waals surface area contributed by atoms with Crippen LogP contribution in [0.2, 0.25) is 0 Å². The van der Waals surface area contributed by atoms with Crippen molar-refractivity contribution in [3.63, 3.8) is 0 Å². The van der Waals surface area contributed by atoms with Gasteiger partial charge in [0.2, 0.25) is 5.91 Å². The monoisotopic (exact) mass is 215 g/mol. The molecule has 1 heterocycles. The molecule has 86 valence electrons. The topological polar surface area (TPSA) is 75.6 Å². The van der Waals surface area contributed by atoms with E-state index >= 15 is 0 Å². The first-order valence-electron chi connectivity index (χ1n) is 4.74. The molecule has 1 amide bonds. The minimum atomic E-state index is -1.05. The van der Waals surface area contributed by atoms with Crippen molar-refractivity contribution < 1.29 is 19.4 Å². The van der Waals surface area contributed by atoms with E-state index in [4.69, 9.17) is 5.11 Å². The average Bonchev–Trinajstić information content (AvgIpc) is 2.55. The number of hydrogen-bond acceptors (Lipinski definition) is 4. The number of rotatable bonds is 2. The van der Waals surface area contributed by atoms with Crippen LogP contribution in [-0.2, 0) is 14.3 Å². The van der Waals surface area contributed by atoms with Crippen molar-refractivity contribution in [1.29, 1.82) is 0 Å². The zero-order valence-electron chi connectivity index (χ0n) is 9.08. The molecule has 15 heavy (non-hydrogen) atoms. The summed E-state index contributed by atoms with van der Waals surface area (Å²) in [6.45, 7) is 7.09. The van der Waals surface area contributed by atoms with Gasteiger partial charge >= 0.3 is 5.97 Å². The molecule has 0 aromatic heterocycles. The smallest absolute Gasteiger partial charge is 0.335 e. The van der Waals surface area contributed by atoms with Gasteiger partial charge in [-0.3, -0.25) is 4.79 Å². The van der Waals surface area contributed by atoms with Crippen molar-refractivity contribution in [3.05, 3.63) is 12.2 Å². The van der Waals surface area contributed by atoms with Crippen LogP contribution >= 0.6 is 0 Å². The maximum Gasteiger partial charge on any atom is 0.335 e. The van der Waals surface area contributed by atoms with Crippen molar-refractivity contribution in [1.82, 2.24) is 5.32 Å². The summed E-state index contributed by atoms with van der Waals surface area (Å²) in [6, 6.07) is 0. The van der Waals surface area contributed by atoms with Crippen LogP contribution in [0.15, 0.2) is 12.2 Å². The molecule has 5 heteroatoms. The highest BCUT2D eigenvalue weighted by Crippen LogP contribution is 1.94. The number of aliphatic hydroxyl groups excluding tert-OH is 1. The number of nitrogens with one attached hydrogen (secondary N) is 1. The molecule has 1 rings (SSSR count). The van der Waals surface area contributed by atoms with Gasteiger partial charge in [-0.05, 0) is 20.3 Å². The van der Waals surface area contributed by atoms with Crippen LogP contribution in [0.25, 0.3) is 0 Å². The normalized spacial score (nSPS) is 15.8. The third kappa shape index (κ3) is 7.69. The van der Waals surface area contributed by atoms with Gasteiger partial charge in [-0.15, -0.1) is 0 Å². The Hall–Kier alpha value is -1.36. The van der Waals surface area contributed by atoms with Crippen molar-refractivity contribution in [3.8, 4) is 0 Å². The van der Waals surface area contributed by atoms with E-state index < -0.39 is 12.3 Å². The second-order valence-electron chi connectivity index (χ2n) is 3.24. The summed E-state index contributed by atoms with van der Waals surface area (Å²) < 4.78 is 4.33. The Balaban J connectivity index is 0.000000280. The van der Waals surface area contributed by atoms with Crippen molar-refractivity contribution in [2.75, 3.05) is 6.54 Å². The number of ether oxygens (including phenoxy) is 1. The molecule has 2 N–H and O–H groups in total. The molecule has 0 aromatic carbocycles. The van der Waals surface area contributed by atoms with Crippen LogP contribution in [0.3, 0.4) is 0 Å². The molecule has 1 unspecified atom stereocenters. The quantitative estimate of drug-likeness (QED) is 0.395. The number of aliphatic hydroxyl groups is 1. The van der Waals surface area contributed by atoms with E-state index in [0.29, 0.717) is 0 Å². The number of esters is 1. The summed E-state index contributed by atoms with van der Waals surface area (Å²) in [6.07, 6.45) is 0.716. The fraction of sp³-hybridized carbons (Fsp3) is 0.600. The van der Waals surface area contributed by atoms with Gasteiger partial charge in [-0.25, -0.2) is 4.79 Å². The lowest BCUT2D eigenvalue weighted by molar-refractivity contribution is -0.159. The minimum Gasteiger partial charge on any atom is -0.433 e. The van der Waals surface area contributed by atoms with E-state index in [-0.39, 0.29) is 11.5 Å². The molecule has 0 saturated carbocycles. The molecule has 0 aromatic rings. The number of amides is 1. The lowest BCUT2D eigenvalue weighted by Gasteiger charge is -2.04. The van der Waals surface area contributed by atoms with E-state index in [9.17, 15) is 9.59 Å². The fourth-order valence-electron chi connectivity index (χ4n) is 0.821. The first-order valence-corrected chi connectivity index (χ1v) is 4.74. The van der Waals surface area contributed by atoms with Crippen LogP contribution in [0.1, 0.15) is 26.7 Å². The lowest BCUT2D eigenvalue weighted by atomic mass is 10.4. The largest absolute Gasteiger partial charge is 0.433 e. The molecule has 0 bridgehead atoms. The third-order valence-corrected chi connectivity index (χ3v) is 1.53. The van der Waals surface area contributed by atoms with Gasteiger partial charge in [0.15, 0.2) is 6.29 Å². The second kappa shape index (κ2) is 7.00. The standard InChI is InChI=1S/C6H10O3.C4H7NO/c1-4(2)6(8)9-5(3)7;6-4-2-1-3-5-4/h5,7H,1H2,2-3H3;1-3H2,(H,5,6). The van der Waals surface area contributed by atoms with E-state index in [1.807, 2.05) is 0 Å². The highest BCUT2D eigenvalue weighted by atomic mass is 16.6. The van der Waals surface area contributed by atoms with Crippen molar-refractivity contribution in [2.45, 2.75) is 33.0 Å². The first-order chi connectivity index (χ1) is 6.93. The molecule has 1 aliphatic heterocycles. The van der Waals surface area contributed by atoms with E-state index in [2.05, 4.69) is 16.6 Å². The molecular formula is C10H17NO4. The summed E-state index contributed by atoms with van der Waals surface area (Å²) in [5.74, 6) is -0.361. The molecule has 0 radical (unpaired) electrons. The number of hydrogen-bond donors (Lipinski definition) is 2. The van der Waals surface area contributed by atoms with Crippen LogP contribution in [0.5, 0.6) is 0 Å². The second-order valence-corrected chi connectivity index (χ2v) is 3.24. The Kier molecular flexibility index (Phi) is 6.37. The van der Waals surface area contributed by atoms with E-state index in [0.717, 1.165) is 19.4 Å². The van der Waals surface area contributed by atoms with E-state index in [1.165, 1.54) is 13.8 Å². The predicted octanol–water partition coefficient (Wildman–Crippen LogP) is 0.340. The molecule has 0 aliphatic carbocycles. The Morgan fingerprint density at radius 1 is 1.67 bits per heavy atom. The Bertz CT molecular complexity index is 240. The van der Waals surface area contributed by atoms with Gasteiger partial charge in [0, 0.05) is 18.5 Å². The molecule has 1 fully saturated rings. The van der Waals surface area contributed by atoms with Crippen molar-refractivity contribution in [2.24, 2.45) is 0 Å². The highest BCUT2D eigenvalue weighted by molar-refractivity contribution is 5.86.